The van der Waals surface area contributed by atoms with Crippen LogP contribution in [-0.4, -0.2) is 23.7 Å². The van der Waals surface area contributed by atoms with E-state index in [0.29, 0.717) is 4.34 Å². The first-order chi connectivity index (χ1) is 8.52. The predicted octanol–water partition coefficient (Wildman–Crippen LogP) is 2.63. The van der Waals surface area contributed by atoms with E-state index in [-0.39, 0.29) is 25.0 Å². The molecule has 0 saturated heterocycles. The van der Waals surface area contributed by atoms with E-state index < -0.39 is 5.97 Å². The van der Waals surface area contributed by atoms with Crippen molar-refractivity contribution in [1.82, 2.24) is 10.6 Å². The Bertz CT molecular complexity index is 422. The summed E-state index contributed by atoms with van der Waals surface area (Å²) in [6.45, 7) is 2.07. The quantitative estimate of drug-likeness (QED) is 0.753. The van der Waals surface area contributed by atoms with Gasteiger partial charge in [0.05, 0.1) is 16.8 Å². The maximum absolute atomic E-state index is 11.5. The highest BCUT2D eigenvalue weighted by molar-refractivity contribution is 7.16. The minimum Gasteiger partial charge on any atom is -0.481 e. The molecule has 1 atom stereocenters. The number of halogens is 1. The molecule has 0 aliphatic rings. The molecule has 100 valence electrons. The molecule has 0 aromatic carbocycles. The highest BCUT2D eigenvalue weighted by Crippen LogP contribution is 2.28. The van der Waals surface area contributed by atoms with Crippen molar-refractivity contribution in [3.63, 3.8) is 0 Å². The summed E-state index contributed by atoms with van der Waals surface area (Å²) in [5, 5.41) is 13.7. The Hall–Kier alpha value is -1.27. The SMILES string of the molecule is CCC(NC(=O)NCCC(=O)O)c1ccc(Cl)s1. The van der Waals surface area contributed by atoms with Gasteiger partial charge in [-0.3, -0.25) is 4.79 Å². The van der Waals surface area contributed by atoms with Crippen LogP contribution >= 0.6 is 22.9 Å². The van der Waals surface area contributed by atoms with Crippen molar-refractivity contribution in [3.8, 4) is 0 Å². The lowest BCUT2D eigenvalue weighted by atomic mass is 10.2. The van der Waals surface area contributed by atoms with E-state index >= 15 is 0 Å². The third-order valence-electron chi connectivity index (χ3n) is 2.28. The van der Waals surface area contributed by atoms with E-state index in [0.717, 1.165) is 11.3 Å². The van der Waals surface area contributed by atoms with Crippen LogP contribution in [0, 0.1) is 0 Å². The minimum absolute atomic E-state index is 0.0883. The summed E-state index contributed by atoms with van der Waals surface area (Å²) in [5.41, 5.74) is 0. The number of aliphatic carboxylic acids is 1. The number of hydrogen-bond acceptors (Lipinski definition) is 3. The molecule has 1 rings (SSSR count). The number of amides is 2. The van der Waals surface area contributed by atoms with Crippen LogP contribution in [0.15, 0.2) is 12.1 Å². The predicted molar refractivity (Wildman–Crippen MR) is 71.1 cm³/mol. The van der Waals surface area contributed by atoms with Crippen molar-refractivity contribution < 1.29 is 14.7 Å². The van der Waals surface area contributed by atoms with E-state index in [2.05, 4.69) is 10.6 Å². The van der Waals surface area contributed by atoms with Gasteiger partial charge in [0.25, 0.3) is 0 Å². The number of carbonyl (C=O) groups excluding carboxylic acids is 1. The molecule has 18 heavy (non-hydrogen) atoms. The molecule has 0 saturated carbocycles. The number of carbonyl (C=O) groups is 2. The van der Waals surface area contributed by atoms with Crippen molar-refractivity contribution in [3.05, 3.63) is 21.3 Å². The highest BCUT2D eigenvalue weighted by atomic mass is 35.5. The molecule has 0 spiro atoms. The van der Waals surface area contributed by atoms with Crippen LogP contribution in [0.3, 0.4) is 0 Å². The normalized spacial score (nSPS) is 11.9. The zero-order valence-electron chi connectivity index (χ0n) is 9.90. The number of rotatable bonds is 6. The van der Waals surface area contributed by atoms with Crippen molar-refractivity contribution in [2.24, 2.45) is 0 Å². The Morgan fingerprint density at radius 2 is 2.22 bits per heavy atom. The third-order valence-corrected chi connectivity index (χ3v) is 3.62. The van der Waals surface area contributed by atoms with E-state index in [9.17, 15) is 9.59 Å². The number of carboxylic acids is 1. The smallest absolute Gasteiger partial charge is 0.315 e. The molecule has 1 heterocycles. The second kappa shape index (κ2) is 7.23. The molecule has 0 bridgehead atoms. The summed E-state index contributed by atoms with van der Waals surface area (Å²) in [6.07, 6.45) is 0.651. The standard InChI is InChI=1S/C11H15ClN2O3S/c1-2-7(8-3-4-9(12)18-8)14-11(17)13-6-5-10(15)16/h3-4,7H,2,5-6H2,1H3,(H,15,16)(H2,13,14,17). The molecule has 7 heteroatoms. The van der Waals surface area contributed by atoms with Gasteiger partial charge in [-0.15, -0.1) is 11.3 Å². The van der Waals surface area contributed by atoms with Crippen LogP contribution in [0.25, 0.3) is 0 Å². The van der Waals surface area contributed by atoms with Crippen molar-refractivity contribution in [2.45, 2.75) is 25.8 Å². The van der Waals surface area contributed by atoms with Crippen molar-refractivity contribution in [2.75, 3.05) is 6.54 Å². The number of carboxylic acid groups (broad SMARTS) is 1. The first-order valence-corrected chi connectivity index (χ1v) is 6.73. The lowest BCUT2D eigenvalue weighted by Gasteiger charge is -2.15. The highest BCUT2D eigenvalue weighted by Gasteiger charge is 2.14. The monoisotopic (exact) mass is 290 g/mol. The van der Waals surface area contributed by atoms with Crippen LogP contribution in [0.1, 0.15) is 30.7 Å². The van der Waals surface area contributed by atoms with E-state index in [4.69, 9.17) is 16.7 Å². The van der Waals surface area contributed by atoms with Gasteiger partial charge < -0.3 is 15.7 Å². The van der Waals surface area contributed by atoms with Crippen LogP contribution in [0.2, 0.25) is 4.34 Å². The van der Waals surface area contributed by atoms with Gasteiger partial charge in [-0.05, 0) is 18.6 Å². The van der Waals surface area contributed by atoms with Crippen LogP contribution in [0.5, 0.6) is 0 Å². The number of nitrogens with one attached hydrogen (secondary N) is 2. The average Bonchev–Trinajstić information content (AvgIpc) is 2.72. The maximum Gasteiger partial charge on any atom is 0.315 e. The lowest BCUT2D eigenvalue weighted by molar-refractivity contribution is -0.136. The van der Waals surface area contributed by atoms with E-state index in [1.165, 1.54) is 11.3 Å². The largest absolute Gasteiger partial charge is 0.481 e. The first-order valence-electron chi connectivity index (χ1n) is 5.54. The Labute approximate surface area is 114 Å². The number of thiophene rings is 1. The lowest BCUT2D eigenvalue weighted by Crippen LogP contribution is -2.38. The van der Waals surface area contributed by atoms with Crippen LogP contribution in [-0.2, 0) is 4.79 Å². The van der Waals surface area contributed by atoms with Gasteiger partial charge in [0.1, 0.15) is 0 Å². The van der Waals surface area contributed by atoms with Crippen molar-refractivity contribution in [1.29, 1.82) is 0 Å². The third kappa shape index (κ3) is 4.93. The zero-order chi connectivity index (χ0) is 13.5. The second-order valence-electron chi connectivity index (χ2n) is 3.65. The van der Waals surface area contributed by atoms with Gasteiger partial charge >= 0.3 is 12.0 Å². The molecular formula is C11H15ClN2O3S. The number of urea groups is 1. The summed E-state index contributed by atoms with van der Waals surface area (Å²) in [7, 11) is 0. The van der Waals surface area contributed by atoms with Crippen LogP contribution < -0.4 is 10.6 Å². The van der Waals surface area contributed by atoms with Gasteiger partial charge in [0.15, 0.2) is 0 Å². The summed E-state index contributed by atoms with van der Waals surface area (Å²) in [4.78, 5) is 22.8. The topological polar surface area (TPSA) is 78.4 Å². The van der Waals surface area contributed by atoms with Gasteiger partial charge in [-0.25, -0.2) is 4.79 Å². The molecule has 0 aliphatic heterocycles. The Balaban J connectivity index is 2.43. The number of hydrogen-bond donors (Lipinski definition) is 3. The molecular weight excluding hydrogens is 276 g/mol. The zero-order valence-corrected chi connectivity index (χ0v) is 11.5. The first kappa shape index (κ1) is 14.8. The molecule has 1 unspecified atom stereocenters. The van der Waals surface area contributed by atoms with Gasteiger partial charge in [0, 0.05) is 11.4 Å². The fraction of sp³-hybridized carbons (Fsp3) is 0.455. The van der Waals surface area contributed by atoms with Gasteiger partial charge in [-0.1, -0.05) is 18.5 Å². The minimum atomic E-state index is -0.938. The fourth-order valence-corrected chi connectivity index (χ4v) is 2.58. The molecule has 0 aliphatic carbocycles. The van der Waals surface area contributed by atoms with Gasteiger partial charge in [-0.2, -0.15) is 0 Å². The molecule has 1 aromatic heterocycles. The van der Waals surface area contributed by atoms with Crippen molar-refractivity contribution >= 4 is 34.9 Å². The molecule has 0 radical (unpaired) electrons. The summed E-state index contributed by atoms with van der Waals surface area (Å²) in [5.74, 6) is -0.938. The van der Waals surface area contributed by atoms with E-state index in [1.807, 2.05) is 13.0 Å². The molecule has 2 amide bonds. The Morgan fingerprint density at radius 3 is 2.72 bits per heavy atom. The molecule has 1 aromatic rings. The summed E-state index contributed by atoms with van der Waals surface area (Å²) < 4.78 is 0.677. The molecule has 3 N–H and O–H groups in total. The molecule has 5 nitrogen and oxygen atoms in total. The maximum atomic E-state index is 11.5. The van der Waals surface area contributed by atoms with E-state index in [1.54, 1.807) is 6.07 Å². The Kier molecular flexibility index (Phi) is 5.94. The average molecular weight is 291 g/mol. The second-order valence-corrected chi connectivity index (χ2v) is 5.39. The molecule has 0 fully saturated rings. The fourth-order valence-electron chi connectivity index (χ4n) is 1.38. The summed E-state index contributed by atoms with van der Waals surface area (Å²) in [6, 6.07) is 3.19. The van der Waals surface area contributed by atoms with Gasteiger partial charge in [0.2, 0.25) is 0 Å². The van der Waals surface area contributed by atoms with Crippen LogP contribution in [0.4, 0.5) is 4.79 Å². The summed E-state index contributed by atoms with van der Waals surface area (Å²) >= 11 is 7.26. The Morgan fingerprint density at radius 1 is 1.50 bits per heavy atom.